The molecule has 1 aromatic carbocycles. The molecular formula is C16H16N6O. The number of pyridine rings is 1. The Bertz CT molecular complexity index is 740. The van der Waals surface area contributed by atoms with Gasteiger partial charge in [-0.15, -0.1) is 0 Å². The minimum atomic E-state index is -0.260. The fraction of sp³-hybridized carbons (Fsp3) is 0.125. The van der Waals surface area contributed by atoms with Gasteiger partial charge in [0.1, 0.15) is 12.7 Å². The lowest BCUT2D eigenvalue weighted by Crippen LogP contribution is -2.28. The first-order chi connectivity index (χ1) is 11.3. The van der Waals surface area contributed by atoms with Gasteiger partial charge in [0.05, 0.1) is 18.4 Å². The number of hydrogen-bond acceptors (Lipinski definition) is 4. The Kier molecular flexibility index (Phi) is 4.58. The molecule has 0 spiro atoms. The van der Waals surface area contributed by atoms with Crippen LogP contribution in [0.25, 0.3) is 0 Å². The van der Waals surface area contributed by atoms with E-state index in [0.717, 1.165) is 11.1 Å². The van der Waals surface area contributed by atoms with E-state index >= 15 is 0 Å². The van der Waals surface area contributed by atoms with Crippen LogP contribution in [0.2, 0.25) is 0 Å². The van der Waals surface area contributed by atoms with Gasteiger partial charge in [-0.25, -0.2) is 14.5 Å². The molecule has 2 heterocycles. The summed E-state index contributed by atoms with van der Waals surface area (Å²) in [4.78, 5) is 19.6. The molecule has 2 amide bonds. The summed E-state index contributed by atoms with van der Waals surface area (Å²) in [6.07, 6.45) is 6.44. The van der Waals surface area contributed by atoms with Gasteiger partial charge >= 0.3 is 6.03 Å². The Morgan fingerprint density at radius 3 is 2.61 bits per heavy atom. The lowest BCUT2D eigenvalue weighted by Gasteiger charge is -2.08. The zero-order chi connectivity index (χ0) is 15.9. The molecule has 7 nitrogen and oxygen atoms in total. The van der Waals surface area contributed by atoms with E-state index in [0.29, 0.717) is 18.8 Å². The Morgan fingerprint density at radius 2 is 1.91 bits per heavy atom. The molecule has 0 bridgehead atoms. The van der Waals surface area contributed by atoms with E-state index in [1.165, 1.54) is 6.33 Å². The number of benzene rings is 1. The molecule has 0 unspecified atom stereocenters. The number of nitrogens with zero attached hydrogens (tertiary/aromatic N) is 4. The van der Waals surface area contributed by atoms with E-state index < -0.39 is 0 Å². The van der Waals surface area contributed by atoms with Gasteiger partial charge in [0.25, 0.3) is 0 Å². The minimum Gasteiger partial charge on any atom is -0.334 e. The van der Waals surface area contributed by atoms with E-state index in [2.05, 4.69) is 25.7 Å². The van der Waals surface area contributed by atoms with Crippen molar-refractivity contribution < 1.29 is 4.79 Å². The third-order valence-electron chi connectivity index (χ3n) is 3.21. The van der Waals surface area contributed by atoms with Gasteiger partial charge in [0, 0.05) is 12.7 Å². The Hall–Kier alpha value is -3.22. The maximum absolute atomic E-state index is 11.8. The molecule has 0 atom stereocenters. The SMILES string of the molecule is O=C(NCc1ccc(Cn2cncn2)cc1)Nc1cccnc1. The monoisotopic (exact) mass is 308 g/mol. The average Bonchev–Trinajstić information content (AvgIpc) is 3.08. The Labute approximate surface area is 133 Å². The second kappa shape index (κ2) is 7.17. The van der Waals surface area contributed by atoms with Crippen molar-refractivity contribution in [2.24, 2.45) is 0 Å². The number of rotatable bonds is 5. The maximum Gasteiger partial charge on any atom is 0.319 e. The molecule has 116 valence electrons. The molecule has 0 aliphatic rings. The number of carbonyl (C=O) groups is 1. The van der Waals surface area contributed by atoms with Crippen molar-refractivity contribution in [1.82, 2.24) is 25.1 Å². The molecule has 0 radical (unpaired) electrons. The number of hydrogen-bond donors (Lipinski definition) is 2. The zero-order valence-corrected chi connectivity index (χ0v) is 12.4. The molecule has 0 aliphatic carbocycles. The normalized spacial score (nSPS) is 10.3. The number of amides is 2. The number of anilines is 1. The zero-order valence-electron chi connectivity index (χ0n) is 12.4. The number of urea groups is 1. The minimum absolute atomic E-state index is 0.260. The highest BCUT2D eigenvalue weighted by Gasteiger charge is 2.02. The van der Waals surface area contributed by atoms with E-state index in [9.17, 15) is 4.79 Å². The Balaban J connectivity index is 1.49. The van der Waals surface area contributed by atoms with Crippen LogP contribution < -0.4 is 10.6 Å². The molecule has 23 heavy (non-hydrogen) atoms. The second-order valence-electron chi connectivity index (χ2n) is 4.96. The number of carbonyl (C=O) groups excluding carboxylic acids is 1. The molecule has 0 saturated heterocycles. The highest BCUT2D eigenvalue weighted by molar-refractivity contribution is 5.88. The molecule has 2 aromatic heterocycles. The molecule has 2 N–H and O–H groups in total. The van der Waals surface area contributed by atoms with Crippen molar-refractivity contribution in [3.05, 3.63) is 72.6 Å². The number of aromatic nitrogens is 4. The van der Waals surface area contributed by atoms with E-state index in [1.807, 2.05) is 24.3 Å². The molecular weight excluding hydrogens is 292 g/mol. The maximum atomic E-state index is 11.8. The summed E-state index contributed by atoms with van der Waals surface area (Å²) < 4.78 is 1.76. The van der Waals surface area contributed by atoms with Crippen LogP contribution >= 0.6 is 0 Å². The van der Waals surface area contributed by atoms with Crippen molar-refractivity contribution in [3.8, 4) is 0 Å². The van der Waals surface area contributed by atoms with Gasteiger partial charge in [-0.05, 0) is 23.3 Å². The summed E-state index contributed by atoms with van der Waals surface area (Å²) in [6, 6.07) is 11.3. The summed E-state index contributed by atoms with van der Waals surface area (Å²) >= 11 is 0. The Morgan fingerprint density at radius 1 is 1.09 bits per heavy atom. The fourth-order valence-electron chi connectivity index (χ4n) is 2.06. The lowest BCUT2D eigenvalue weighted by molar-refractivity contribution is 0.251. The van der Waals surface area contributed by atoms with Crippen LogP contribution in [0.3, 0.4) is 0 Å². The van der Waals surface area contributed by atoms with Crippen molar-refractivity contribution >= 4 is 11.7 Å². The summed E-state index contributed by atoms with van der Waals surface area (Å²) in [5.74, 6) is 0. The van der Waals surface area contributed by atoms with Gasteiger partial charge in [-0.2, -0.15) is 5.10 Å². The third kappa shape index (κ3) is 4.37. The summed E-state index contributed by atoms with van der Waals surface area (Å²) in [6.45, 7) is 1.13. The first-order valence-corrected chi connectivity index (χ1v) is 7.15. The molecule has 3 rings (SSSR count). The van der Waals surface area contributed by atoms with Crippen molar-refractivity contribution in [3.63, 3.8) is 0 Å². The van der Waals surface area contributed by atoms with Crippen LogP contribution in [0.4, 0.5) is 10.5 Å². The standard InChI is InChI=1S/C16H16N6O/c23-16(21-15-2-1-7-17-9-15)19-8-13-3-5-14(6-4-13)10-22-12-18-11-20-22/h1-7,9,11-12H,8,10H2,(H2,19,21,23). The first kappa shape index (κ1) is 14.7. The van der Waals surface area contributed by atoms with E-state index in [4.69, 9.17) is 0 Å². The first-order valence-electron chi connectivity index (χ1n) is 7.15. The van der Waals surface area contributed by atoms with Crippen LogP contribution in [0.5, 0.6) is 0 Å². The fourth-order valence-corrected chi connectivity index (χ4v) is 2.06. The molecule has 0 saturated carbocycles. The van der Waals surface area contributed by atoms with Gasteiger partial charge < -0.3 is 10.6 Å². The van der Waals surface area contributed by atoms with Crippen LogP contribution in [-0.2, 0) is 13.1 Å². The smallest absolute Gasteiger partial charge is 0.319 e. The van der Waals surface area contributed by atoms with Crippen LogP contribution in [0.1, 0.15) is 11.1 Å². The van der Waals surface area contributed by atoms with Crippen molar-refractivity contribution in [1.29, 1.82) is 0 Å². The highest BCUT2D eigenvalue weighted by atomic mass is 16.2. The van der Waals surface area contributed by atoms with Gasteiger partial charge in [-0.1, -0.05) is 24.3 Å². The van der Waals surface area contributed by atoms with E-state index in [1.54, 1.807) is 35.5 Å². The largest absolute Gasteiger partial charge is 0.334 e. The summed E-state index contributed by atoms with van der Waals surface area (Å²) in [7, 11) is 0. The predicted molar refractivity (Wildman–Crippen MR) is 85.7 cm³/mol. The van der Waals surface area contributed by atoms with Gasteiger partial charge in [-0.3, -0.25) is 4.98 Å². The molecule has 3 aromatic rings. The van der Waals surface area contributed by atoms with Gasteiger partial charge in [0.2, 0.25) is 0 Å². The quantitative estimate of drug-likeness (QED) is 0.755. The molecule has 0 fully saturated rings. The van der Waals surface area contributed by atoms with Gasteiger partial charge in [0.15, 0.2) is 0 Å². The van der Waals surface area contributed by atoms with E-state index in [-0.39, 0.29) is 6.03 Å². The predicted octanol–water partition coefficient (Wildman–Crippen LogP) is 2.04. The van der Waals surface area contributed by atoms with Crippen molar-refractivity contribution in [2.75, 3.05) is 5.32 Å². The second-order valence-corrected chi connectivity index (χ2v) is 4.96. The topological polar surface area (TPSA) is 84.7 Å². The summed E-state index contributed by atoms with van der Waals surface area (Å²) in [5, 5.41) is 9.60. The summed E-state index contributed by atoms with van der Waals surface area (Å²) in [5.41, 5.74) is 2.81. The molecule has 0 aliphatic heterocycles. The lowest BCUT2D eigenvalue weighted by atomic mass is 10.1. The highest BCUT2D eigenvalue weighted by Crippen LogP contribution is 2.06. The third-order valence-corrected chi connectivity index (χ3v) is 3.21. The van der Waals surface area contributed by atoms with Crippen molar-refractivity contribution in [2.45, 2.75) is 13.1 Å². The number of nitrogens with one attached hydrogen (secondary N) is 2. The molecule has 7 heteroatoms. The van der Waals surface area contributed by atoms with Crippen LogP contribution in [0, 0.1) is 0 Å². The van der Waals surface area contributed by atoms with Crippen LogP contribution in [0.15, 0.2) is 61.4 Å². The average molecular weight is 308 g/mol. The van der Waals surface area contributed by atoms with Crippen LogP contribution in [-0.4, -0.2) is 25.8 Å².